The number of piperidine rings is 1. The number of nitrogens with one attached hydrogen (secondary N) is 1. The summed E-state index contributed by atoms with van der Waals surface area (Å²) < 4.78 is 6.20. The predicted octanol–water partition coefficient (Wildman–Crippen LogP) is 3.69. The van der Waals surface area contributed by atoms with E-state index in [-0.39, 0.29) is 17.7 Å². The molecule has 27 heavy (non-hydrogen) atoms. The number of nitrogens with zero attached hydrogens (tertiary/aromatic N) is 1. The van der Waals surface area contributed by atoms with Gasteiger partial charge < -0.3 is 15.0 Å². The van der Waals surface area contributed by atoms with Gasteiger partial charge >= 0.3 is 0 Å². The molecule has 0 aliphatic carbocycles. The Bertz CT molecular complexity index is 910. The Balaban J connectivity index is 1.73. The number of likely N-dealkylation sites (tertiary alicyclic amines) is 1. The van der Waals surface area contributed by atoms with Crippen LogP contribution in [0.15, 0.2) is 48.5 Å². The molecule has 0 aromatic heterocycles. The molecule has 0 unspecified atom stereocenters. The molecule has 0 spiro atoms. The average Bonchev–Trinajstić information content (AvgIpc) is 2.61. The number of carbonyl (C=O) groups is 2. The highest BCUT2D eigenvalue weighted by Gasteiger charge is 2.55. The lowest BCUT2D eigenvalue weighted by Crippen LogP contribution is -2.64. The second kappa shape index (κ2) is 6.41. The summed E-state index contributed by atoms with van der Waals surface area (Å²) in [5, 5.41) is 2.95. The Hall–Kier alpha value is -2.82. The number of anilines is 1. The van der Waals surface area contributed by atoms with Crippen LogP contribution < -0.4 is 10.1 Å². The van der Waals surface area contributed by atoms with Crippen molar-refractivity contribution in [1.29, 1.82) is 0 Å². The number of aryl methyl sites for hydroxylation is 1. The maximum Gasteiger partial charge on any atom is 0.238 e. The van der Waals surface area contributed by atoms with E-state index in [0.29, 0.717) is 18.7 Å². The van der Waals surface area contributed by atoms with Crippen LogP contribution in [0.25, 0.3) is 0 Å². The number of para-hydroxylation sites is 1. The fraction of sp³-hybridized carbons (Fsp3) is 0.364. The van der Waals surface area contributed by atoms with Crippen LogP contribution in [-0.2, 0) is 9.59 Å². The van der Waals surface area contributed by atoms with Gasteiger partial charge in [0.2, 0.25) is 11.8 Å². The van der Waals surface area contributed by atoms with Crippen molar-refractivity contribution in [1.82, 2.24) is 4.90 Å². The molecule has 2 amide bonds. The van der Waals surface area contributed by atoms with E-state index in [1.165, 1.54) is 0 Å². The molecule has 2 aliphatic heterocycles. The Kier molecular flexibility index (Phi) is 4.17. The van der Waals surface area contributed by atoms with E-state index in [4.69, 9.17) is 4.74 Å². The van der Waals surface area contributed by atoms with Crippen molar-refractivity contribution in [3.05, 3.63) is 59.7 Å². The summed E-state index contributed by atoms with van der Waals surface area (Å²) in [6.45, 7) is 6.33. The number of ether oxygens (including phenoxy) is 1. The Morgan fingerprint density at radius 1 is 1.26 bits per heavy atom. The number of rotatable bonds is 3. The molecule has 2 heterocycles. The highest BCUT2D eigenvalue weighted by Crippen LogP contribution is 2.50. The first-order chi connectivity index (χ1) is 12.9. The van der Waals surface area contributed by atoms with Gasteiger partial charge in [-0.15, -0.1) is 0 Å². The van der Waals surface area contributed by atoms with Gasteiger partial charge in [-0.3, -0.25) is 9.59 Å². The lowest BCUT2D eigenvalue weighted by molar-refractivity contribution is -0.174. The van der Waals surface area contributed by atoms with Crippen molar-refractivity contribution in [3.63, 3.8) is 0 Å². The standard InChI is InChI=1S/C22H24N2O3/c1-4-24-21(26)19(20(25)23-15-9-7-8-14(2)12-15)17-13-22(24,3)27-18-11-6-5-10-16(17)18/h5-12,17,19H,4,13H2,1-3H3,(H,23,25)/t17-,19+,22-/m0/s1. The van der Waals surface area contributed by atoms with Crippen LogP contribution in [0, 0.1) is 12.8 Å². The molecule has 5 nitrogen and oxygen atoms in total. The maximum atomic E-state index is 13.3. The van der Waals surface area contributed by atoms with Crippen LogP contribution in [0.4, 0.5) is 5.69 Å². The van der Waals surface area contributed by atoms with E-state index < -0.39 is 11.6 Å². The quantitative estimate of drug-likeness (QED) is 0.845. The summed E-state index contributed by atoms with van der Waals surface area (Å²) in [4.78, 5) is 28.1. The van der Waals surface area contributed by atoms with E-state index in [9.17, 15) is 9.59 Å². The third-order valence-electron chi connectivity index (χ3n) is 5.64. The van der Waals surface area contributed by atoms with Crippen molar-refractivity contribution >= 4 is 17.5 Å². The molecule has 0 radical (unpaired) electrons. The average molecular weight is 364 g/mol. The van der Waals surface area contributed by atoms with Gasteiger partial charge in [0.15, 0.2) is 5.72 Å². The number of amides is 2. The molecule has 3 atom stereocenters. The maximum absolute atomic E-state index is 13.3. The SMILES string of the molecule is CCN1C(=O)[C@@H](C(=O)Nc2cccc(C)c2)[C@H]2C[C@]1(C)Oc1ccccc12. The van der Waals surface area contributed by atoms with Gasteiger partial charge in [-0.2, -0.15) is 0 Å². The van der Waals surface area contributed by atoms with E-state index in [1.807, 2.05) is 69.3 Å². The largest absolute Gasteiger partial charge is 0.468 e. The van der Waals surface area contributed by atoms with Gasteiger partial charge in [0.05, 0.1) is 0 Å². The first-order valence-electron chi connectivity index (χ1n) is 9.40. The van der Waals surface area contributed by atoms with Crippen molar-refractivity contribution in [2.75, 3.05) is 11.9 Å². The lowest BCUT2D eigenvalue weighted by Gasteiger charge is -2.52. The summed E-state index contributed by atoms with van der Waals surface area (Å²) in [6.07, 6.45) is 0.607. The molecule has 2 bridgehead atoms. The molecule has 2 aromatic carbocycles. The zero-order valence-corrected chi connectivity index (χ0v) is 15.9. The second-order valence-electron chi connectivity index (χ2n) is 7.54. The van der Waals surface area contributed by atoms with Gasteiger partial charge in [0.25, 0.3) is 0 Å². The first-order valence-corrected chi connectivity index (χ1v) is 9.40. The van der Waals surface area contributed by atoms with Gasteiger partial charge in [0, 0.05) is 24.6 Å². The summed E-state index contributed by atoms with van der Waals surface area (Å²) in [6, 6.07) is 15.3. The minimum Gasteiger partial charge on any atom is -0.468 e. The van der Waals surface area contributed by atoms with Gasteiger partial charge in [-0.1, -0.05) is 30.3 Å². The van der Waals surface area contributed by atoms with Gasteiger partial charge in [0.1, 0.15) is 11.7 Å². The number of benzene rings is 2. The fourth-order valence-corrected chi connectivity index (χ4v) is 4.44. The van der Waals surface area contributed by atoms with Crippen LogP contribution in [0.3, 0.4) is 0 Å². The van der Waals surface area contributed by atoms with Crippen molar-refractivity contribution < 1.29 is 14.3 Å². The Morgan fingerprint density at radius 3 is 2.78 bits per heavy atom. The summed E-state index contributed by atoms with van der Waals surface area (Å²) in [5.74, 6) is -0.622. The minimum absolute atomic E-state index is 0.170. The highest BCUT2D eigenvalue weighted by atomic mass is 16.5. The van der Waals surface area contributed by atoms with E-state index in [1.54, 1.807) is 4.90 Å². The molecular weight excluding hydrogens is 340 g/mol. The molecule has 4 rings (SSSR count). The normalized spacial score (nSPS) is 26.2. The zero-order chi connectivity index (χ0) is 19.2. The third kappa shape index (κ3) is 2.87. The van der Waals surface area contributed by atoms with Crippen molar-refractivity contribution in [2.45, 2.75) is 38.8 Å². The molecule has 1 fully saturated rings. The monoisotopic (exact) mass is 364 g/mol. The number of hydrogen-bond donors (Lipinski definition) is 1. The topological polar surface area (TPSA) is 58.6 Å². The molecule has 0 saturated carbocycles. The van der Waals surface area contributed by atoms with E-state index in [0.717, 1.165) is 16.9 Å². The molecule has 5 heteroatoms. The first kappa shape index (κ1) is 17.6. The fourth-order valence-electron chi connectivity index (χ4n) is 4.44. The van der Waals surface area contributed by atoms with Crippen LogP contribution >= 0.6 is 0 Å². The van der Waals surface area contributed by atoms with Gasteiger partial charge in [-0.25, -0.2) is 0 Å². The number of hydrogen-bond acceptors (Lipinski definition) is 3. The van der Waals surface area contributed by atoms with E-state index in [2.05, 4.69) is 5.32 Å². The summed E-state index contributed by atoms with van der Waals surface area (Å²) in [5.41, 5.74) is 1.99. The van der Waals surface area contributed by atoms with Crippen molar-refractivity contribution in [2.24, 2.45) is 5.92 Å². The highest BCUT2D eigenvalue weighted by molar-refractivity contribution is 6.08. The zero-order valence-electron chi connectivity index (χ0n) is 15.9. The Labute approximate surface area is 159 Å². The van der Waals surface area contributed by atoms with Crippen LogP contribution in [0.5, 0.6) is 5.75 Å². The van der Waals surface area contributed by atoms with Gasteiger partial charge in [-0.05, 0) is 50.1 Å². The molecule has 1 N–H and O–H groups in total. The molecular formula is C22H24N2O3. The number of carbonyl (C=O) groups excluding carboxylic acids is 2. The van der Waals surface area contributed by atoms with E-state index >= 15 is 0 Å². The Morgan fingerprint density at radius 2 is 2.04 bits per heavy atom. The smallest absolute Gasteiger partial charge is 0.238 e. The summed E-state index contributed by atoms with van der Waals surface area (Å²) in [7, 11) is 0. The molecule has 1 saturated heterocycles. The molecule has 140 valence electrons. The second-order valence-corrected chi connectivity index (χ2v) is 7.54. The lowest BCUT2D eigenvalue weighted by atomic mass is 9.73. The predicted molar refractivity (Wildman–Crippen MR) is 104 cm³/mol. The minimum atomic E-state index is -0.761. The molecule has 2 aromatic rings. The molecule has 2 aliphatic rings. The third-order valence-corrected chi connectivity index (χ3v) is 5.64. The number of fused-ring (bicyclic) bond motifs is 4. The van der Waals surface area contributed by atoms with Crippen LogP contribution in [-0.4, -0.2) is 29.0 Å². The van der Waals surface area contributed by atoms with Crippen LogP contribution in [0.2, 0.25) is 0 Å². The van der Waals surface area contributed by atoms with Crippen LogP contribution in [0.1, 0.15) is 37.3 Å². The van der Waals surface area contributed by atoms with Crippen molar-refractivity contribution in [3.8, 4) is 5.75 Å². The summed E-state index contributed by atoms with van der Waals surface area (Å²) >= 11 is 0.